The molecule has 0 atom stereocenters. The summed E-state index contributed by atoms with van der Waals surface area (Å²) < 4.78 is 54.6. The molecule has 3 aromatic carbocycles. The van der Waals surface area contributed by atoms with Gasteiger partial charge in [-0.05, 0) is 54.1 Å². The summed E-state index contributed by atoms with van der Waals surface area (Å²) in [6, 6.07) is 17.4. The number of rotatable bonds is 7. The topological polar surface area (TPSA) is 101 Å². The minimum atomic E-state index is -0.696. The van der Waals surface area contributed by atoms with Crippen LogP contribution < -0.4 is 4.74 Å². The Balaban J connectivity index is 1.34. The van der Waals surface area contributed by atoms with Crippen molar-refractivity contribution < 1.29 is 27.4 Å². The SMILES string of the molecule is COC(=O)c1ccc2nc(Cc3cc(F)c(-c4cccc(OCc5ccc(C#N)cc5F)n4)cc3F)[nH]c2c1. The Morgan fingerprint density at radius 1 is 0.949 bits per heavy atom. The molecule has 0 saturated heterocycles. The summed E-state index contributed by atoms with van der Waals surface area (Å²) in [5.74, 6) is -1.97. The average molecular weight is 528 g/mol. The molecule has 10 heteroatoms. The van der Waals surface area contributed by atoms with E-state index in [2.05, 4.69) is 15.0 Å². The van der Waals surface area contributed by atoms with Crippen LogP contribution in [-0.4, -0.2) is 28.0 Å². The molecule has 2 aromatic heterocycles. The molecule has 0 unspecified atom stereocenters. The zero-order chi connectivity index (χ0) is 27.5. The van der Waals surface area contributed by atoms with E-state index in [1.807, 2.05) is 6.07 Å². The van der Waals surface area contributed by atoms with E-state index in [1.165, 1.54) is 31.4 Å². The lowest BCUT2D eigenvalue weighted by molar-refractivity contribution is 0.0601. The summed E-state index contributed by atoms with van der Waals surface area (Å²) in [4.78, 5) is 23.4. The number of benzene rings is 3. The summed E-state index contributed by atoms with van der Waals surface area (Å²) in [6.45, 7) is -0.164. The number of pyridine rings is 1. The summed E-state index contributed by atoms with van der Waals surface area (Å²) in [5.41, 5.74) is 2.01. The van der Waals surface area contributed by atoms with Crippen molar-refractivity contribution in [1.82, 2.24) is 15.0 Å². The Bertz CT molecular complexity index is 1760. The summed E-state index contributed by atoms with van der Waals surface area (Å²) in [7, 11) is 1.28. The number of halogens is 3. The minimum Gasteiger partial charge on any atom is -0.473 e. The third-order valence-electron chi connectivity index (χ3n) is 6.00. The number of nitrogens with zero attached hydrogens (tertiary/aromatic N) is 3. The van der Waals surface area contributed by atoms with E-state index in [-0.39, 0.29) is 46.9 Å². The predicted octanol–water partition coefficient (Wildman–Crippen LogP) is 5.87. The van der Waals surface area contributed by atoms with Crippen LogP contribution >= 0.6 is 0 Å². The lowest BCUT2D eigenvalue weighted by Crippen LogP contribution is -2.02. The maximum Gasteiger partial charge on any atom is 0.337 e. The van der Waals surface area contributed by atoms with Gasteiger partial charge in [0.1, 0.15) is 29.9 Å². The maximum atomic E-state index is 15.1. The molecular weight excluding hydrogens is 509 g/mol. The van der Waals surface area contributed by atoms with Gasteiger partial charge in [-0.2, -0.15) is 5.26 Å². The zero-order valence-electron chi connectivity index (χ0n) is 20.5. The second-order valence-corrected chi connectivity index (χ2v) is 8.57. The third-order valence-corrected chi connectivity index (χ3v) is 6.00. The van der Waals surface area contributed by atoms with Gasteiger partial charge in [-0.3, -0.25) is 0 Å². The van der Waals surface area contributed by atoms with E-state index in [4.69, 9.17) is 14.7 Å². The molecule has 1 N–H and O–H groups in total. The second-order valence-electron chi connectivity index (χ2n) is 8.57. The molecule has 0 aliphatic heterocycles. The van der Waals surface area contributed by atoms with Crippen LogP contribution in [-0.2, 0) is 17.8 Å². The first-order valence-electron chi connectivity index (χ1n) is 11.7. The maximum absolute atomic E-state index is 15.1. The van der Waals surface area contributed by atoms with Crippen molar-refractivity contribution in [2.24, 2.45) is 0 Å². The van der Waals surface area contributed by atoms with Gasteiger partial charge in [0, 0.05) is 23.6 Å². The Morgan fingerprint density at radius 2 is 1.77 bits per heavy atom. The van der Waals surface area contributed by atoms with Crippen LogP contribution in [0.25, 0.3) is 22.3 Å². The summed E-state index contributed by atoms with van der Waals surface area (Å²) in [5, 5.41) is 8.86. The number of hydrogen-bond acceptors (Lipinski definition) is 6. The second kappa shape index (κ2) is 10.7. The molecule has 39 heavy (non-hydrogen) atoms. The zero-order valence-corrected chi connectivity index (χ0v) is 20.5. The molecule has 0 radical (unpaired) electrons. The van der Waals surface area contributed by atoms with Gasteiger partial charge < -0.3 is 14.5 Å². The highest BCUT2D eigenvalue weighted by molar-refractivity contribution is 5.93. The monoisotopic (exact) mass is 528 g/mol. The van der Waals surface area contributed by atoms with Crippen LogP contribution in [0.1, 0.15) is 32.9 Å². The standard InChI is InChI=1S/C29H19F3N4O3/c1-38-29(37)17-7-8-25-26(11-17)35-27(34-25)12-19-10-23(32)20(13-22(19)31)24-3-2-4-28(36-24)39-15-18-6-5-16(14-33)9-21(18)30/h2-11,13H,12,15H2,1H3,(H,34,35). The van der Waals surface area contributed by atoms with E-state index < -0.39 is 23.4 Å². The number of nitrogens with one attached hydrogen (secondary N) is 1. The Labute approximate surface area is 220 Å². The third kappa shape index (κ3) is 5.43. The first-order chi connectivity index (χ1) is 18.8. The van der Waals surface area contributed by atoms with Gasteiger partial charge in [0.2, 0.25) is 5.88 Å². The molecular formula is C29H19F3N4O3. The largest absolute Gasteiger partial charge is 0.473 e. The minimum absolute atomic E-state index is 0.0159. The van der Waals surface area contributed by atoms with Gasteiger partial charge in [0.15, 0.2) is 0 Å². The molecule has 0 fully saturated rings. The number of esters is 1. The number of imidazole rings is 1. The Kier molecular flexibility index (Phi) is 6.97. The lowest BCUT2D eigenvalue weighted by Gasteiger charge is -2.10. The van der Waals surface area contributed by atoms with Crippen molar-refractivity contribution in [3.05, 3.63) is 112 Å². The van der Waals surface area contributed by atoms with Crippen LogP contribution in [0.4, 0.5) is 13.2 Å². The number of nitriles is 1. The Hall–Kier alpha value is -5.17. The van der Waals surface area contributed by atoms with Crippen LogP contribution in [0.2, 0.25) is 0 Å². The normalized spacial score (nSPS) is 10.8. The Morgan fingerprint density at radius 3 is 2.54 bits per heavy atom. The number of aromatic amines is 1. The molecule has 0 bridgehead atoms. The van der Waals surface area contributed by atoms with Gasteiger partial charge in [0.05, 0.1) is 41.0 Å². The number of carbonyl (C=O) groups excluding carboxylic acids is 1. The first-order valence-corrected chi connectivity index (χ1v) is 11.7. The number of hydrogen-bond donors (Lipinski definition) is 1. The summed E-state index contributed by atoms with van der Waals surface area (Å²) in [6.07, 6.45) is -0.0159. The molecule has 194 valence electrons. The van der Waals surface area contributed by atoms with Crippen molar-refractivity contribution in [3.63, 3.8) is 0 Å². The van der Waals surface area contributed by atoms with Gasteiger partial charge in [-0.25, -0.2) is 27.9 Å². The van der Waals surface area contributed by atoms with Crippen LogP contribution in [0, 0.1) is 28.8 Å². The van der Waals surface area contributed by atoms with Gasteiger partial charge in [-0.15, -0.1) is 0 Å². The van der Waals surface area contributed by atoms with Crippen molar-refractivity contribution in [3.8, 4) is 23.2 Å². The molecule has 0 aliphatic rings. The van der Waals surface area contributed by atoms with E-state index in [0.29, 0.717) is 22.4 Å². The van der Waals surface area contributed by atoms with Crippen molar-refractivity contribution in [1.29, 1.82) is 5.26 Å². The highest BCUT2D eigenvalue weighted by Crippen LogP contribution is 2.27. The lowest BCUT2D eigenvalue weighted by atomic mass is 10.0. The number of aromatic nitrogens is 3. The summed E-state index contributed by atoms with van der Waals surface area (Å²) >= 11 is 0. The average Bonchev–Trinajstić information content (AvgIpc) is 3.35. The number of carbonyl (C=O) groups is 1. The van der Waals surface area contributed by atoms with Crippen molar-refractivity contribution in [2.75, 3.05) is 7.11 Å². The number of H-pyrrole nitrogens is 1. The molecule has 2 heterocycles. The fourth-order valence-electron chi connectivity index (χ4n) is 4.02. The smallest absolute Gasteiger partial charge is 0.337 e. The van der Waals surface area contributed by atoms with E-state index in [9.17, 15) is 9.18 Å². The fraction of sp³-hybridized carbons (Fsp3) is 0.103. The molecule has 5 rings (SSSR count). The van der Waals surface area contributed by atoms with E-state index in [0.717, 1.165) is 18.2 Å². The molecule has 7 nitrogen and oxygen atoms in total. The molecule has 0 saturated carbocycles. The van der Waals surface area contributed by atoms with Gasteiger partial charge >= 0.3 is 5.97 Å². The van der Waals surface area contributed by atoms with Gasteiger partial charge in [-0.1, -0.05) is 12.1 Å². The van der Waals surface area contributed by atoms with Crippen LogP contribution in [0.3, 0.4) is 0 Å². The quantitative estimate of drug-likeness (QED) is 0.265. The fourth-order valence-corrected chi connectivity index (χ4v) is 4.02. The molecule has 0 amide bonds. The highest BCUT2D eigenvalue weighted by Gasteiger charge is 2.16. The highest BCUT2D eigenvalue weighted by atomic mass is 19.1. The number of ether oxygens (including phenoxy) is 2. The van der Waals surface area contributed by atoms with E-state index >= 15 is 8.78 Å². The van der Waals surface area contributed by atoms with Crippen LogP contribution in [0.5, 0.6) is 5.88 Å². The van der Waals surface area contributed by atoms with Gasteiger partial charge in [0.25, 0.3) is 0 Å². The molecule has 0 spiro atoms. The molecule has 5 aromatic rings. The first kappa shape index (κ1) is 25.5. The molecule has 0 aliphatic carbocycles. The van der Waals surface area contributed by atoms with Crippen LogP contribution in [0.15, 0.2) is 66.7 Å². The predicted molar refractivity (Wildman–Crippen MR) is 135 cm³/mol. The number of methoxy groups -OCH3 is 1. The van der Waals surface area contributed by atoms with E-state index in [1.54, 1.807) is 24.3 Å². The number of fused-ring (bicyclic) bond motifs is 1. The van der Waals surface area contributed by atoms with Crippen molar-refractivity contribution >= 4 is 17.0 Å². The van der Waals surface area contributed by atoms with Crippen molar-refractivity contribution in [2.45, 2.75) is 13.0 Å².